The summed E-state index contributed by atoms with van der Waals surface area (Å²) in [7, 11) is 0. The molecule has 0 aliphatic carbocycles. The maximum Gasteiger partial charge on any atom is 0.153 e. The number of thiophene rings is 1. The molecular weight excluding hydrogens is 521 g/mol. The van der Waals surface area contributed by atoms with Gasteiger partial charge < -0.3 is 10.1 Å². The number of benzene rings is 3. The fraction of sp³-hybridized carbons (Fsp3) is 0.300. The van der Waals surface area contributed by atoms with E-state index in [9.17, 15) is 8.78 Å². The Hall–Kier alpha value is -3.56. The molecule has 0 spiro atoms. The Morgan fingerprint density at radius 3 is 2.64 bits per heavy atom. The number of H-pyrrole nitrogens is 1. The summed E-state index contributed by atoms with van der Waals surface area (Å²) in [4.78, 5) is 2.96. The van der Waals surface area contributed by atoms with Crippen molar-refractivity contribution in [1.29, 1.82) is 0 Å². The molecule has 5 nitrogen and oxygen atoms in total. The van der Waals surface area contributed by atoms with Crippen LogP contribution in [0.3, 0.4) is 0 Å². The van der Waals surface area contributed by atoms with E-state index in [-0.39, 0.29) is 12.2 Å². The Labute approximate surface area is 228 Å². The van der Waals surface area contributed by atoms with Crippen molar-refractivity contribution < 1.29 is 17.9 Å². The van der Waals surface area contributed by atoms with Gasteiger partial charge in [0, 0.05) is 51.9 Å². The lowest BCUT2D eigenvalue weighted by molar-refractivity contribution is 0.155. The standard InChI is InChI=1S/C30H29F3N4OS/c1-30(2,33)25-14-18(32)4-9-22(25)29-27(23-10-11-26-24(15-34-36-26)28(23)39-29)38-21-7-5-19(6-8-21)35-20-16-37(17-20)13-3-12-31/h4-11,14-15,20,35H,3,12-13,16-17H2,1-2H3,(H,34,36). The third-order valence-corrected chi connectivity index (χ3v) is 8.36. The van der Waals surface area contributed by atoms with E-state index in [1.807, 2.05) is 36.4 Å². The van der Waals surface area contributed by atoms with E-state index in [0.717, 1.165) is 51.2 Å². The molecule has 1 aliphatic heterocycles. The van der Waals surface area contributed by atoms with E-state index in [1.165, 1.54) is 37.3 Å². The first kappa shape index (κ1) is 25.7. The maximum absolute atomic E-state index is 15.3. The van der Waals surface area contributed by atoms with Gasteiger partial charge in [-0.2, -0.15) is 5.10 Å². The Morgan fingerprint density at radius 1 is 1.10 bits per heavy atom. The van der Waals surface area contributed by atoms with Crippen molar-refractivity contribution in [3.63, 3.8) is 0 Å². The monoisotopic (exact) mass is 550 g/mol. The van der Waals surface area contributed by atoms with Gasteiger partial charge >= 0.3 is 0 Å². The number of nitrogens with one attached hydrogen (secondary N) is 2. The molecular formula is C30H29F3N4OS. The molecule has 0 amide bonds. The number of nitrogens with zero attached hydrogens (tertiary/aromatic N) is 2. The molecule has 1 saturated heterocycles. The highest BCUT2D eigenvalue weighted by molar-refractivity contribution is 7.23. The minimum atomic E-state index is -1.76. The fourth-order valence-corrected chi connectivity index (χ4v) is 6.42. The first-order valence-corrected chi connectivity index (χ1v) is 13.8. The predicted octanol–water partition coefficient (Wildman–Crippen LogP) is 8.04. The van der Waals surface area contributed by atoms with Crippen LogP contribution >= 0.6 is 11.3 Å². The van der Waals surface area contributed by atoms with Gasteiger partial charge in [-0.1, -0.05) is 6.07 Å². The zero-order valence-corrected chi connectivity index (χ0v) is 22.5. The molecule has 1 aliphatic rings. The quantitative estimate of drug-likeness (QED) is 0.195. The van der Waals surface area contributed by atoms with E-state index in [0.29, 0.717) is 29.5 Å². The largest absolute Gasteiger partial charge is 0.455 e. The number of hydrogen-bond acceptors (Lipinski definition) is 5. The number of anilines is 1. The minimum Gasteiger partial charge on any atom is -0.455 e. The highest BCUT2D eigenvalue weighted by Gasteiger charge is 2.28. The van der Waals surface area contributed by atoms with Crippen LogP contribution in [0.5, 0.6) is 11.5 Å². The van der Waals surface area contributed by atoms with Gasteiger partial charge in [-0.05, 0) is 68.8 Å². The zero-order valence-electron chi connectivity index (χ0n) is 21.7. The van der Waals surface area contributed by atoms with Gasteiger partial charge in [0.15, 0.2) is 5.75 Å². The smallest absolute Gasteiger partial charge is 0.153 e. The van der Waals surface area contributed by atoms with Crippen molar-refractivity contribution in [2.75, 3.05) is 31.6 Å². The number of halogens is 3. The van der Waals surface area contributed by atoms with Gasteiger partial charge in [-0.15, -0.1) is 11.3 Å². The number of rotatable bonds is 9. The van der Waals surface area contributed by atoms with Crippen LogP contribution in [0, 0.1) is 5.82 Å². The second-order valence-corrected chi connectivity index (χ2v) is 11.5. The molecule has 5 aromatic rings. The highest BCUT2D eigenvalue weighted by Crippen LogP contribution is 2.50. The van der Waals surface area contributed by atoms with Crippen molar-refractivity contribution >= 4 is 38.0 Å². The molecule has 3 heterocycles. The SMILES string of the molecule is CC(C)(F)c1cc(F)ccc1-c1sc2c(ccc3[nH]ncc32)c1Oc1ccc(NC2CN(CCCF)C2)cc1. The molecule has 3 aromatic carbocycles. The Balaban J connectivity index is 1.34. The summed E-state index contributed by atoms with van der Waals surface area (Å²) in [5.41, 5.74) is 0.974. The van der Waals surface area contributed by atoms with Crippen LogP contribution in [0.2, 0.25) is 0 Å². The van der Waals surface area contributed by atoms with Gasteiger partial charge in [0.1, 0.15) is 17.2 Å². The van der Waals surface area contributed by atoms with Crippen molar-refractivity contribution in [2.45, 2.75) is 32.0 Å². The van der Waals surface area contributed by atoms with Crippen molar-refractivity contribution in [3.8, 4) is 21.9 Å². The third-order valence-electron chi connectivity index (χ3n) is 7.11. The van der Waals surface area contributed by atoms with Crippen molar-refractivity contribution in [1.82, 2.24) is 15.1 Å². The van der Waals surface area contributed by atoms with E-state index in [2.05, 4.69) is 20.4 Å². The molecule has 2 N–H and O–H groups in total. The Kier molecular flexibility index (Phi) is 6.72. The highest BCUT2D eigenvalue weighted by atomic mass is 32.1. The zero-order chi connectivity index (χ0) is 27.1. The normalized spacial score (nSPS) is 14.7. The van der Waals surface area contributed by atoms with Crippen LogP contribution in [-0.4, -0.2) is 47.4 Å². The number of fused-ring (bicyclic) bond motifs is 3. The summed E-state index contributed by atoms with van der Waals surface area (Å²) in [6.45, 7) is 5.17. The van der Waals surface area contributed by atoms with Crippen LogP contribution in [-0.2, 0) is 5.67 Å². The molecule has 0 radical (unpaired) electrons. The number of ether oxygens (including phenoxy) is 1. The maximum atomic E-state index is 15.3. The molecule has 9 heteroatoms. The second-order valence-electron chi connectivity index (χ2n) is 10.5. The molecule has 2 aromatic heterocycles. The summed E-state index contributed by atoms with van der Waals surface area (Å²) < 4.78 is 49.3. The number of likely N-dealkylation sites (tertiary alicyclic amines) is 1. The first-order valence-electron chi connectivity index (χ1n) is 13.0. The summed E-state index contributed by atoms with van der Waals surface area (Å²) in [5.74, 6) is 0.744. The van der Waals surface area contributed by atoms with Crippen LogP contribution in [0.25, 0.3) is 31.4 Å². The van der Waals surface area contributed by atoms with Crippen LogP contribution < -0.4 is 10.1 Å². The third kappa shape index (κ3) is 5.08. The molecule has 1 fully saturated rings. The van der Waals surface area contributed by atoms with E-state index in [1.54, 1.807) is 12.3 Å². The van der Waals surface area contributed by atoms with Gasteiger partial charge in [-0.25, -0.2) is 8.78 Å². The van der Waals surface area contributed by atoms with E-state index in [4.69, 9.17) is 4.74 Å². The lowest BCUT2D eigenvalue weighted by Crippen LogP contribution is -2.54. The van der Waals surface area contributed by atoms with Crippen molar-refractivity contribution in [2.24, 2.45) is 0 Å². The molecule has 202 valence electrons. The van der Waals surface area contributed by atoms with Gasteiger partial charge in [0.2, 0.25) is 0 Å². The summed E-state index contributed by atoms with van der Waals surface area (Å²) in [6.07, 6.45) is 2.35. The van der Waals surface area contributed by atoms with Gasteiger partial charge in [-0.3, -0.25) is 14.4 Å². The van der Waals surface area contributed by atoms with E-state index < -0.39 is 11.5 Å². The number of aromatic amines is 1. The predicted molar refractivity (Wildman–Crippen MR) is 152 cm³/mol. The van der Waals surface area contributed by atoms with Crippen LogP contribution in [0.15, 0.2) is 60.8 Å². The first-order chi connectivity index (χ1) is 18.8. The topological polar surface area (TPSA) is 53.2 Å². The Bertz CT molecular complexity index is 1620. The summed E-state index contributed by atoms with van der Waals surface area (Å²) in [5, 5.41) is 12.5. The number of hydrogen-bond donors (Lipinski definition) is 2. The molecule has 0 unspecified atom stereocenters. The summed E-state index contributed by atoms with van der Waals surface area (Å²) >= 11 is 1.48. The van der Waals surface area contributed by atoms with Gasteiger partial charge in [0.05, 0.1) is 29.3 Å². The van der Waals surface area contributed by atoms with Crippen LogP contribution in [0.4, 0.5) is 18.9 Å². The van der Waals surface area contributed by atoms with E-state index >= 15 is 4.39 Å². The minimum absolute atomic E-state index is 0.267. The molecule has 6 rings (SSSR count). The lowest BCUT2D eigenvalue weighted by Gasteiger charge is -2.40. The van der Waals surface area contributed by atoms with Gasteiger partial charge in [0.25, 0.3) is 0 Å². The lowest BCUT2D eigenvalue weighted by atomic mass is 9.93. The molecule has 0 bridgehead atoms. The Morgan fingerprint density at radius 2 is 1.90 bits per heavy atom. The van der Waals surface area contributed by atoms with Crippen LogP contribution in [0.1, 0.15) is 25.8 Å². The average Bonchev–Trinajstić information content (AvgIpc) is 3.50. The second kappa shape index (κ2) is 10.2. The van der Waals surface area contributed by atoms with Crippen molar-refractivity contribution in [3.05, 3.63) is 72.2 Å². The molecule has 0 atom stereocenters. The fourth-order valence-electron chi connectivity index (χ4n) is 5.14. The summed E-state index contributed by atoms with van der Waals surface area (Å²) in [6, 6.07) is 16.2. The number of alkyl halides is 2. The average molecular weight is 551 g/mol. The number of aromatic nitrogens is 2. The molecule has 0 saturated carbocycles. The molecule has 39 heavy (non-hydrogen) atoms.